The van der Waals surface area contributed by atoms with Crippen molar-refractivity contribution in [2.24, 2.45) is 0 Å². The Kier molecular flexibility index (Phi) is 7.83. The number of nitrogens with one attached hydrogen (secondary N) is 1. The van der Waals surface area contributed by atoms with Crippen LogP contribution in [0.4, 0.5) is 4.39 Å². The lowest BCUT2D eigenvalue weighted by atomic mass is 10.2. The van der Waals surface area contributed by atoms with E-state index in [0.717, 1.165) is 25.7 Å². The maximum absolute atomic E-state index is 11.9. The minimum absolute atomic E-state index is 0.0334. The minimum atomic E-state index is -1.37. The highest BCUT2D eigenvalue weighted by Crippen LogP contribution is 1.98. The molecule has 0 rings (SSSR count). The highest BCUT2D eigenvalue weighted by atomic mass is 19.1. The molecule has 0 saturated heterocycles. The summed E-state index contributed by atoms with van der Waals surface area (Å²) in [5.74, 6) is -1.37. The number of hydrogen-bond acceptors (Lipinski definition) is 3. The maximum atomic E-state index is 11.9. The fourth-order valence-corrected chi connectivity index (χ4v) is 0.842. The van der Waals surface area contributed by atoms with Gasteiger partial charge in [0.25, 0.3) is 0 Å². The van der Waals surface area contributed by atoms with E-state index in [-0.39, 0.29) is 6.33 Å². The van der Waals surface area contributed by atoms with E-state index in [9.17, 15) is 9.18 Å². The van der Waals surface area contributed by atoms with E-state index >= 15 is 0 Å². The smallest absolute Gasteiger partial charge is 0.356 e. The molecule has 0 unspecified atom stereocenters. The molecule has 0 atom stereocenters. The Morgan fingerprint density at radius 3 is 2.71 bits per heavy atom. The van der Waals surface area contributed by atoms with Crippen LogP contribution < -0.4 is 5.48 Å². The lowest BCUT2D eigenvalue weighted by molar-refractivity contribution is -0.134. The van der Waals surface area contributed by atoms with E-state index in [1.807, 2.05) is 5.48 Å². The van der Waals surface area contributed by atoms with E-state index in [1.165, 1.54) is 0 Å². The quantitative estimate of drug-likeness (QED) is 0.361. The normalized spacial score (nSPS) is 11.4. The molecule has 0 radical (unpaired) electrons. The zero-order valence-electron chi connectivity index (χ0n) is 8.25. The van der Waals surface area contributed by atoms with Crippen molar-refractivity contribution in [1.29, 1.82) is 0 Å². The van der Waals surface area contributed by atoms with Gasteiger partial charge < -0.3 is 5.11 Å². The Labute approximate surface area is 82.7 Å². The van der Waals surface area contributed by atoms with Crippen LogP contribution in [0.3, 0.4) is 0 Å². The van der Waals surface area contributed by atoms with Gasteiger partial charge in [0.05, 0.1) is 6.61 Å². The highest BCUT2D eigenvalue weighted by Gasteiger charge is 2.05. The molecule has 0 aromatic carbocycles. The van der Waals surface area contributed by atoms with Crippen molar-refractivity contribution in [2.45, 2.75) is 32.6 Å². The molecule has 0 aliphatic carbocycles. The Morgan fingerprint density at radius 2 is 2.21 bits per heavy atom. The molecule has 0 saturated carbocycles. The Bertz CT molecular complexity index is 194. The summed E-state index contributed by atoms with van der Waals surface area (Å²) in [6.07, 6.45) is 4.07. The summed E-state index contributed by atoms with van der Waals surface area (Å²) in [5.41, 5.74) is 1.45. The zero-order valence-corrected chi connectivity index (χ0v) is 8.25. The summed E-state index contributed by atoms with van der Waals surface area (Å²) >= 11 is 0. The van der Waals surface area contributed by atoms with E-state index in [0.29, 0.717) is 6.61 Å². The monoisotopic (exact) mass is 205 g/mol. The largest absolute Gasteiger partial charge is 0.476 e. The van der Waals surface area contributed by atoms with Gasteiger partial charge >= 0.3 is 5.97 Å². The number of unbranched alkanes of at least 4 members (excludes halogenated alkanes) is 3. The molecule has 2 N–H and O–H groups in total. The van der Waals surface area contributed by atoms with Crippen molar-refractivity contribution in [3.63, 3.8) is 0 Å². The fourth-order valence-electron chi connectivity index (χ4n) is 0.842. The summed E-state index contributed by atoms with van der Waals surface area (Å²) in [7, 11) is 0. The molecule has 0 bridgehead atoms. The van der Waals surface area contributed by atoms with Crippen molar-refractivity contribution in [2.75, 3.05) is 6.61 Å². The molecule has 0 heterocycles. The average Bonchev–Trinajstić information content (AvgIpc) is 2.16. The molecule has 0 aromatic rings. The number of aliphatic carboxylic acids is 1. The molecule has 0 fully saturated rings. The highest BCUT2D eigenvalue weighted by molar-refractivity contribution is 5.85. The van der Waals surface area contributed by atoms with E-state index < -0.39 is 11.7 Å². The van der Waals surface area contributed by atoms with Gasteiger partial charge in [-0.15, -0.1) is 0 Å². The molecule has 14 heavy (non-hydrogen) atoms. The van der Waals surface area contributed by atoms with Gasteiger partial charge in [-0.25, -0.2) is 9.18 Å². The number of carboxylic acids is 1. The maximum Gasteiger partial charge on any atom is 0.356 e. The second-order valence-electron chi connectivity index (χ2n) is 2.84. The zero-order chi connectivity index (χ0) is 10.8. The number of hydrogen-bond donors (Lipinski definition) is 2. The van der Waals surface area contributed by atoms with Crippen LogP contribution >= 0.6 is 0 Å². The molecular formula is C9H16FNO3. The topological polar surface area (TPSA) is 58.6 Å². The third-order valence-corrected chi connectivity index (χ3v) is 1.62. The van der Waals surface area contributed by atoms with Gasteiger partial charge in [-0.1, -0.05) is 26.2 Å². The molecule has 0 aromatic heterocycles. The summed E-state index contributed by atoms with van der Waals surface area (Å²) in [6, 6.07) is 0. The van der Waals surface area contributed by atoms with Gasteiger partial charge in [-0.2, -0.15) is 0 Å². The van der Waals surface area contributed by atoms with Gasteiger partial charge in [-0.05, 0) is 6.42 Å². The summed E-state index contributed by atoms with van der Waals surface area (Å²) in [6.45, 7) is 2.47. The number of hydroxylamine groups is 1. The molecule has 0 aliphatic heterocycles. The lowest BCUT2D eigenvalue weighted by Crippen LogP contribution is -2.20. The van der Waals surface area contributed by atoms with E-state index in [4.69, 9.17) is 9.94 Å². The number of rotatable bonds is 8. The SMILES string of the molecule is CCCCCCONC(=CF)C(=O)O. The summed E-state index contributed by atoms with van der Waals surface area (Å²) < 4.78 is 11.9. The number of carboxylic acid groups (broad SMARTS) is 1. The van der Waals surface area contributed by atoms with Crippen LogP contribution in [0, 0.1) is 0 Å². The molecule has 82 valence electrons. The van der Waals surface area contributed by atoms with Gasteiger partial charge in [0.15, 0.2) is 5.70 Å². The van der Waals surface area contributed by atoms with Crippen molar-refractivity contribution >= 4 is 5.97 Å². The minimum Gasteiger partial charge on any atom is -0.476 e. The van der Waals surface area contributed by atoms with Crippen molar-refractivity contribution in [3.8, 4) is 0 Å². The average molecular weight is 205 g/mol. The Balaban J connectivity index is 3.39. The molecule has 4 nitrogen and oxygen atoms in total. The van der Waals surface area contributed by atoms with Crippen LogP contribution in [0.15, 0.2) is 12.0 Å². The summed E-state index contributed by atoms with van der Waals surface area (Å²) in [5, 5.41) is 8.36. The van der Waals surface area contributed by atoms with Gasteiger partial charge in [0.1, 0.15) is 6.33 Å². The van der Waals surface area contributed by atoms with Gasteiger partial charge in [0, 0.05) is 0 Å². The predicted molar refractivity (Wildman–Crippen MR) is 50.1 cm³/mol. The van der Waals surface area contributed by atoms with Crippen molar-refractivity contribution in [3.05, 3.63) is 12.0 Å². The molecule has 0 aliphatic rings. The first-order valence-corrected chi connectivity index (χ1v) is 4.63. The van der Waals surface area contributed by atoms with Crippen LogP contribution in [-0.4, -0.2) is 17.7 Å². The second-order valence-corrected chi connectivity index (χ2v) is 2.84. The molecule has 0 spiro atoms. The third-order valence-electron chi connectivity index (χ3n) is 1.62. The first-order valence-electron chi connectivity index (χ1n) is 4.63. The van der Waals surface area contributed by atoms with Crippen molar-refractivity contribution in [1.82, 2.24) is 5.48 Å². The predicted octanol–water partition coefficient (Wildman–Crippen LogP) is 1.98. The molecular weight excluding hydrogens is 189 g/mol. The molecule has 0 amide bonds. The van der Waals surface area contributed by atoms with Gasteiger partial charge in [-0.3, -0.25) is 10.3 Å². The first kappa shape index (κ1) is 12.9. The standard InChI is InChI=1S/C9H16FNO3/c1-2-3-4-5-6-14-11-8(7-10)9(12)13/h7,11H,2-6H2,1H3,(H,12,13). The fraction of sp³-hybridized carbons (Fsp3) is 0.667. The lowest BCUT2D eigenvalue weighted by Gasteiger charge is -2.05. The van der Waals surface area contributed by atoms with Crippen LogP contribution in [0.5, 0.6) is 0 Å². The first-order chi connectivity index (χ1) is 6.72. The number of carbonyl (C=O) groups is 1. The second kappa shape index (κ2) is 8.50. The Hall–Kier alpha value is -1.10. The van der Waals surface area contributed by atoms with E-state index in [1.54, 1.807) is 0 Å². The van der Waals surface area contributed by atoms with Crippen LogP contribution in [-0.2, 0) is 9.63 Å². The Morgan fingerprint density at radius 1 is 1.50 bits per heavy atom. The van der Waals surface area contributed by atoms with Crippen LogP contribution in [0.25, 0.3) is 0 Å². The van der Waals surface area contributed by atoms with Crippen LogP contribution in [0.2, 0.25) is 0 Å². The molecule has 5 heteroatoms. The summed E-state index contributed by atoms with van der Waals surface area (Å²) in [4.78, 5) is 15.0. The van der Waals surface area contributed by atoms with Crippen LogP contribution in [0.1, 0.15) is 32.6 Å². The van der Waals surface area contributed by atoms with Gasteiger partial charge in [0.2, 0.25) is 0 Å². The van der Waals surface area contributed by atoms with Crippen molar-refractivity contribution < 1.29 is 19.1 Å². The van der Waals surface area contributed by atoms with E-state index in [2.05, 4.69) is 6.92 Å². The third kappa shape index (κ3) is 6.42. The number of halogens is 1.